The summed E-state index contributed by atoms with van der Waals surface area (Å²) in [5, 5.41) is 6.73. The first-order valence-corrected chi connectivity index (χ1v) is 10.4. The van der Waals surface area contributed by atoms with Crippen LogP contribution in [0.5, 0.6) is 0 Å². The van der Waals surface area contributed by atoms with Gasteiger partial charge in [0, 0.05) is 38.8 Å². The monoisotopic (exact) mass is 413 g/mol. The van der Waals surface area contributed by atoms with Gasteiger partial charge in [0.1, 0.15) is 0 Å². The van der Waals surface area contributed by atoms with Crippen molar-refractivity contribution in [1.29, 1.82) is 0 Å². The van der Waals surface area contributed by atoms with Crippen LogP contribution in [0.1, 0.15) is 31.7 Å². The minimum Gasteiger partial charge on any atom is -0.357 e. The van der Waals surface area contributed by atoms with Crippen molar-refractivity contribution < 1.29 is 13.2 Å². The molecule has 0 bridgehead atoms. The molecular formula is C21H34F3N5. The van der Waals surface area contributed by atoms with Crippen LogP contribution in [0.3, 0.4) is 0 Å². The lowest BCUT2D eigenvalue weighted by Gasteiger charge is -2.33. The number of rotatable bonds is 9. The lowest BCUT2D eigenvalue weighted by atomic mass is 10.0. The SMILES string of the molecule is CCNC(=NCCCN(C)CC(F)(F)F)NC1CCN(Cc2ccccc2)CC1. The van der Waals surface area contributed by atoms with Gasteiger partial charge in [0.25, 0.3) is 0 Å². The Morgan fingerprint density at radius 3 is 2.52 bits per heavy atom. The molecule has 164 valence electrons. The van der Waals surface area contributed by atoms with E-state index in [1.807, 2.05) is 13.0 Å². The van der Waals surface area contributed by atoms with E-state index in [0.717, 1.165) is 45.0 Å². The Labute approximate surface area is 172 Å². The fraction of sp³-hybridized carbons (Fsp3) is 0.667. The number of hydrogen-bond acceptors (Lipinski definition) is 3. The van der Waals surface area contributed by atoms with Crippen LogP contribution >= 0.6 is 0 Å². The maximum Gasteiger partial charge on any atom is 0.401 e. The molecule has 1 saturated heterocycles. The predicted molar refractivity (Wildman–Crippen MR) is 112 cm³/mol. The second kappa shape index (κ2) is 12.0. The Morgan fingerprint density at radius 2 is 1.90 bits per heavy atom. The normalized spacial score (nSPS) is 17.0. The quantitative estimate of drug-likeness (QED) is 0.371. The standard InChI is InChI=1S/C21H34F3N5/c1-3-25-20(26-12-7-13-28(2)17-21(22,23)24)27-19-10-14-29(15-11-19)16-18-8-5-4-6-9-18/h4-6,8-9,19H,3,7,10-17H2,1-2H3,(H2,25,26,27). The van der Waals surface area contributed by atoms with Gasteiger partial charge < -0.3 is 10.6 Å². The highest BCUT2D eigenvalue weighted by atomic mass is 19.4. The van der Waals surface area contributed by atoms with Crippen LogP contribution in [-0.4, -0.2) is 74.3 Å². The van der Waals surface area contributed by atoms with E-state index in [1.54, 1.807) is 0 Å². The predicted octanol–water partition coefficient (Wildman–Crippen LogP) is 3.09. The molecule has 29 heavy (non-hydrogen) atoms. The summed E-state index contributed by atoms with van der Waals surface area (Å²) in [7, 11) is 1.49. The summed E-state index contributed by atoms with van der Waals surface area (Å²) in [6.07, 6.45) is -1.46. The van der Waals surface area contributed by atoms with E-state index in [4.69, 9.17) is 0 Å². The lowest BCUT2D eigenvalue weighted by molar-refractivity contribution is -0.143. The number of halogens is 3. The maximum absolute atomic E-state index is 12.4. The second-order valence-electron chi connectivity index (χ2n) is 7.65. The average molecular weight is 414 g/mol. The molecule has 0 amide bonds. The summed E-state index contributed by atoms with van der Waals surface area (Å²) >= 11 is 0. The van der Waals surface area contributed by atoms with Crippen molar-refractivity contribution in [1.82, 2.24) is 20.4 Å². The van der Waals surface area contributed by atoms with Crippen molar-refractivity contribution in [3.8, 4) is 0 Å². The van der Waals surface area contributed by atoms with Crippen molar-refractivity contribution in [2.45, 2.75) is 44.9 Å². The third-order valence-corrected chi connectivity index (χ3v) is 4.94. The second-order valence-corrected chi connectivity index (χ2v) is 7.65. The molecule has 0 aliphatic carbocycles. The van der Waals surface area contributed by atoms with E-state index in [0.29, 0.717) is 25.6 Å². The summed E-state index contributed by atoms with van der Waals surface area (Å²) in [5.74, 6) is 0.757. The van der Waals surface area contributed by atoms with E-state index in [1.165, 1.54) is 17.5 Å². The minimum absolute atomic E-state index is 0.368. The molecule has 5 nitrogen and oxygen atoms in total. The van der Waals surface area contributed by atoms with Gasteiger partial charge in [-0.05, 0) is 45.3 Å². The fourth-order valence-corrected chi connectivity index (χ4v) is 3.51. The van der Waals surface area contributed by atoms with E-state index >= 15 is 0 Å². The van der Waals surface area contributed by atoms with Crippen LogP contribution in [0.2, 0.25) is 0 Å². The van der Waals surface area contributed by atoms with E-state index < -0.39 is 12.7 Å². The highest BCUT2D eigenvalue weighted by Gasteiger charge is 2.28. The molecule has 1 aliphatic heterocycles. The highest BCUT2D eigenvalue weighted by Crippen LogP contribution is 2.16. The first kappa shape index (κ1) is 23.5. The molecule has 1 heterocycles. The molecule has 1 aromatic rings. The first-order chi connectivity index (χ1) is 13.9. The first-order valence-electron chi connectivity index (χ1n) is 10.4. The molecule has 2 rings (SSSR count). The van der Waals surface area contributed by atoms with Gasteiger partial charge in [-0.2, -0.15) is 13.2 Å². The van der Waals surface area contributed by atoms with Crippen molar-refractivity contribution >= 4 is 5.96 Å². The Bertz CT molecular complexity index is 598. The van der Waals surface area contributed by atoms with E-state index in [2.05, 4.69) is 44.8 Å². The molecule has 0 unspecified atom stereocenters. The topological polar surface area (TPSA) is 42.9 Å². The van der Waals surface area contributed by atoms with Crippen LogP contribution in [0, 0.1) is 0 Å². The van der Waals surface area contributed by atoms with Gasteiger partial charge in [0.2, 0.25) is 0 Å². The number of alkyl halides is 3. The summed E-state index contributed by atoms with van der Waals surface area (Å²) in [5.41, 5.74) is 1.34. The zero-order chi connectivity index (χ0) is 21.1. The third-order valence-electron chi connectivity index (χ3n) is 4.94. The van der Waals surface area contributed by atoms with Gasteiger partial charge in [0.05, 0.1) is 6.54 Å². The summed E-state index contributed by atoms with van der Waals surface area (Å²) in [4.78, 5) is 8.29. The van der Waals surface area contributed by atoms with E-state index in [-0.39, 0.29) is 0 Å². The third kappa shape index (κ3) is 9.99. The van der Waals surface area contributed by atoms with Gasteiger partial charge in [-0.25, -0.2) is 0 Å². The zero-order valence-corrected chi connectivity index (χ0v) is 17.5. The largest absolute Gasteiger partial charge is 0.401 e. The Morgan fingerprint density at radius 1 is 1.21 bits per heavy atom. The van der Waals surface area contributed by atoms with Crippen LogP contribution in [0.15, 0.2) is 35.3 Å². The van der Waals surface area contributed by atoms with Crippen LogP contribution in [0.25, 0.3) is 0 Å². The zero-order valence-electron chi connectivity index (χ0n) is 17.5. The molecule has 0 saturated carbocycles. The van der Waals surface area contributed by atoms with E-state index in [9.17, 15) is 13.2 Å². The average Bonchev–Trinajstić information content (AvgIpc) is 2.66. The number of nitrogens with zero attached hydrogens (tertiary/aromatic N) is 3. The number of aliphatic imine (C=N–C) groups is 1. The van der Waals surface area contributed by atoms with Gasteiger partial charge in [-0.1, -0.05) is 30.3 Å². The Kier molecular flexibility index (Phi) is 9.73. The van der Waals surface area contributed by atoms with Gasteiger partial charge in [-0.15, -0.1) is 0 Å². The molecule has 1 fully saturated rings. The lowest BCUT2D eigenvalue weighted by Crippen LogP contribution is -2.48. The molecule has 8 heteroatoms. The van der Waals surface area contributed by atoms with Crippen molar-refractivity contribution in [3.05, 3.63) is 35.9 Å². The molecule has 0 aromatic heterocycles. The molecule has 1 aromatic carbocycles. The van der Waals surface area contributed by atoms with Crippen LogP contribution in [0.4, 0.5) is 13.2 Å². The number of hydrogen-bond donors (Lipinski definition) is 2. The summed E-state index contributed by atoms with van der Waals surface area (Å²) in [6, 6.07) is 10.9. The van der Waals surface area contributed by atoms with Crippen LogP contribution in [-0.2, 0) is 6.54 Å². The number of benzene rings is 1. The Hall–Kier alpha value is -1.80. The fourth-order valence-electron chi connectivity index (χ4n) is 3.51. The Balaban J connectivity index is 1.71. The number of piperidine rings is 1. The number of guanidine groups is 1. The number of nitrogens with one attached hydrogen (secondary N) is 2. The highest BCUT2D eigenvalue weighted by molar-refractivity contribution is 5.80. The van der Waals surface area contributed by atoms with Crippen molar-refractivity contribution in [2.24, 2.45) is 4.99 Å². The smallest absolute Gasteiger partial charge is 0.357 e. The maximum atomic E-state index is 12.4. The van der Waals surface area contributed by atoms with Gasteiger partial charge in [-0.3, -0.25) is 14.8 Å². The number of likely N-dealkylation sites (tertiary alicyclic amines) is 1. The van der Waals surface area contributed by atoms with Crippen molar-refractivity contribution in [2.75, 3.05) is 46.3 Å². The molecule has 2 N–H and O–H groups in total. The van der Waals surface area contributed by atoms with Gasteiger partial charge in [0.15, 0.2) is 5.96 Å². The summed E-state index contributed by atoms with van der Waals surface area (Å²) < 4.78 is 37.1. The summed E-state index contributed by atoms with van der Waals surface area (Å²) in [6.45, 7) is 5.82. The molecule has 1 aliphatic rings. The molecule has 0 spiro atoms. The molecular weight excluding hydrogens is 379 g/mol. The minimum atomic E-state index is -4.15. The van der Waals surface area contributed by atoms with Gasteiger partial charge >= 0.3 is 6.18 Å². The van der Waals surface area contributed by atoms with Crippen molar-refractivity contribution in [3.63, 3.8) is 0 Å². The molecule has 0 radical (unpaired) electrons. The molecule has 0 atom stereocenters. The van der Waals surface area contributed by atoms with Crippen LogP contribution < -0.4 is 10.6 Å².